The molecule has 0 saturated carbocycles. The van der Waals surface area contributed by atoms with E-state index in [9.17, 15) is 10.2 Å². The van der Waals surface area contributed by atoms with Crippen LogP contribution in [0.25, 0.3) is 16.5 Å². The van der Waals surface area contributed by atoms with Gasteiger partial charge in [-0.2, -0.15) is 0 Å². The van der Waals surface area contributed by atoms with Gasteiger partial charge in [-0.15, -0.1) is 0 Å². The van der Waals surface area contributed by atoms with Gasteiger partial charge >= 0.3 is 0 Å². The van der Waals surface area contributed by atoms with Crippen LogP contribution in [0.3, 0.4) is 0 Å². The molecule has 0 aliphatic carbocycles. The highest BCUT2D eigenvalue weighted by Gasteiger charge is 2.01. The lowest BCUT2D eigenvalue weighted by molar-refractivity contribution is 0.448. The van der Waals surface area contributed by atoms with Crippen LogP contribution in [0.4, 0.5) is 0 Å². The van der Waals surface area contributed by atoms with E-state index in [-0.39, 0.29) is 18.0 Å². The van der Waals surface area contributed by atoms with Crippen molar-refractivity contribution >= 4 is 6.08 Å². The lowest BCUT2D eigenvalue weighted by atomic mass is 10.1. The lowest BCUT2D eigenvalue weighted by Crippen LogP contribution is -1.77. The Morgan fingerprint density at radius 3 is 2.57 bits per heavy atom. The minimum absolute atomic E-state index is 0.0119. The molecule has 0 spiro atoms. The van der Waals surface area contributed by atoms with Gasteiger partial charge < -0.3 is 10.2 Å². The number of rotatable bonds is 3. The number of phenols is 2. The number of azide groups is 1. The predicted molar refractivity (Wildman–Crippen MR) is 52.8 cm³/mol. The average molecular weight is 191 g/mol. The van der Waals surface area contributed by atoms with E-state index in [4.69, 9.17) is 5.53 Å². The van der Waals surface area contributed by atoms with Crippen LogP contribution in [0.5, 0.6) is 11.5 Å². The molecule has 72 valence electrons. The molecule has 0 radical (unpaired) electrons. The Labute approximate surface area is 80.6 Å². The monoisotopic (exact) mass is 191 g/mol. The summed E-state index contributed by atoms with van der Waals surface area (Å²) >= 11 is 0. The molecule has 1 aromatic rings. The SMILES string of the molecule is [N-]=[N+]=NCC=Cc1c(O)cccc1O. The smallest absolute Gasteiger partial charge is 0.126 e. The van der Waals surface area contributed by atoms with Gasteiger partial charge in [-0.25, -0.2) is 0 Å². The van der Waals surface area contributed by atoms with Crippen molar-refractivity contribution in [2.24, 2.45) is 5.11 Å². The van der Waals surface area contributed by atoms with E-state index in [2.05, 4.69) is 10.0 Å². The third-order valence-corrected chi connectivity index (χ3v) is 1.59. The fourth-order valence-electron chi connectivity index (χ4n) is 0.966. The van der Waals surface area contributed by atoms with Crippen LogP contribution in [0.15, 0.2) is 29.4 Å². The maximum Gasteiger partial charge on any atom is 0.126 e. The Hall–Kier alpha value is -2.13. The molecule has 2 N–H and O–H groups in total. The molecule has 0 saturated heterocycles. The van der Waals surface area contributed by atoms with Gasteiger partial charge in [0, 0.05) is 11.5 Å². The molecule has 14 heavy (non-hydrogen) atoms. The van der Waals surface area contributed by atoms with Gasteiger partial charge in [0.05, 0.1) is 5.56 Å². The Morgan fingerprint density at radius 1 is 1.36 bits per heavy atom. The zero-order valence-electron chi connectivity index (χ0n) is 7.33. The minimum Gasteiger partial charge on any atom is -0.507 e. The summed E-state index contributed by atoms with van der Waals surface area (Å²) in [6, 6.07) is 4.47. The van der Waals surface area contributed by atoms with E-state index >= 15 is 0 Å². The van der Waals surface area contributed by atoms with Crippen LogP contribution in [0.2, 0.25) is 0 Å². The van der Waals surface area contributed by atoms with Crippen molar-refractivity contribution < 1.29 is 10.2 Å². The second-order valence-electron chi connectivity index (χ2n) is 2.53. The highest BCUT2D eigenvalue weighted by atomic mass is 16.3. The van der Waals surface area contributed by atoms with Crippen molar-refractivity contribution in [1.82, 2.24) is 0 Å². The highest BCUT2D eigenvalue weighted by Crippen LogP contribution is 2.27. The molecule has 0 fully saturated rings. The Balaban J connectivity index is 2.85. The summed E-state index contributed by atoms with van der Waals surface area (Å²) in [6.45, 7) is 0.185. The average Bonchev–Trinajstić information content (AvgIpc) is 2.16. The maximum atomic E-state index is 9.33. The van der Waals surface area contributed by atoms with Gasteiger partial charge in [-0.05, 0) is 17.7 Å². The van der Waals surface area contributed by atoms with Gasteiger partial charge in [0.1, 0.15) is 11.5 Å². The summed E-state index contributed by atoms with van der Waals surface area (Å²) < 4.78 is 0. The molecular formula is C9H9N3O2. The van der Waals surface area contributed by atoms with Gasteiger partial charge in [0.2, 0.25) is 0 Å². The summed E-state index contributed by atoms with van der Waals surface area (Å²) in [6.07, 6.45) is 3.05. The number of aromatic hydroxyl groups is 2. The molecule has 0 aromatic heterocycles. The molecule has 0 amide bonds. The molecule has 0 unspecified atom stereocenters. The normalized spacial score (nSPS) is 10.0. The maximum absolute atomic E-state index is 9.33. The van der Waals surface area contributed by atoms with Crippen LogP contribution in [0.1, 0.15) is 5.56 Å². The largest absolute Gasteiger partial charge is 0.507 e. The quantitative estimate of drug-likeness (QED) is 0.436. The summed E-state index contributed by atoms with van der Waals surface area (Å²) in [4.78, 5) is 2.56. The summed E-state index contributed by atoms with van der Waals surface area (Å²) in [5, 5.41) is 21.9. The number of phenolic OH excluding ortho intramolecular Hbond substituents is 2. The van der Waals surface area contributed by atoms with Crippen molar-refractivity contribution in [1.29, 1.82) is 0 Å². The number of hydrogen-bond acceptors (Lipinski definition) is 3. The molecule has 1 rings (SSSR count). The molecule has 5 heteroatoms. The minimum atomic E-state index is -0.0119. The van der Waals surface area contributed by atoms with Crippen molar-refractivity contribution in [2.75, 3.05) is 6.54 Å². The fourth-order valence-corrected chi connectivity index (χ4v) is 0.966. The van der Waals surface area contributed by atoms with Crippen molar-refractivity contribution in [3.63, 3.8) is 0 Å². The molecule has 0 heterocycles. The van der Waals surface area contributed by atoms with Gasteiger partial charge in [0.25, 0.3) is 0 Å². The van der Waals surface area contributed by atoms with E-state index < -0.39 is 0 Å². The zero-order chi connectivity index (χ0) is 10.4. The van der Waals surface area contributed by atoms with Crippen LogP contribution in [0, 0.1) is 0 Å². The van der Waals surface area contributed by atoms with Crippen molar-refractivity contribution in [2.45, 2.75) is 0 Å². The Kier molecular flexibility index (Phi) is 3.41. The first-order valence-corrected chi connectivity index (χ1v) is 3.94. The molecule has 1 aromatic carbocycles. The van der Waals surface area contributed by atoms with E-state index in [0.717, 1.165) is 0 Å². The predicted octanol–water partition coefficient (Wildman–Crippen LogP) is 2.42. The first-order valence-electron chi connectivity index (χ1n) is 3.94. The highest BCUT2D eigenvalue weighted by molar-refractivity contribution is 5.63. The van der Waals surface area contributed by atoms with E-state index in [1.807, 2.05) is 0 Å². The van der Waals surface area contributed by atoms with E-state index in [1.54, 1.807) is 6.08 Å². The third-order valence-electron chi connectivity index (χ3n) is 1.59. The number of benzene rings is 1. The number of hydrogen-bond donors (Lipinski definition) is 2. The van der Waals surface area contributed by atoms with Crippen molar-refractivity contribution in [3.05, 3.63) is 40.3 Å². The Bertz CT molecular complexity index is 375. The second-order valence-corrected chi connectivity index (χ2v) is 2.53. The molecule has 0 bridgehead atoms. The topological polar surface area (TPSA) is 89.2 Å². The molecule has 0 atom stereocenters. The van der Waals surface area contributed by atoms with Gasteiger partial charge in [0.15, 0.2) is 0 Å². The molecule has 0 aliphatic rings. The van der Waals surface area contributed by atoms with Crippen LogP contribution in [-0.2, 0) is 0 Å². The zero-order valence-corrected chi connectivity index (χ0v) is 7.33. The second kappa shape index (κ2) is 4.79. The first-order chi connectivity index (χ1) is 6.75. The van der Waals surface area contributed by atoms with E-state index in [0.29, 0.717) is 5.56 Å². The van der Waals surface area contributed by atoms with Crippen LogP contribution in [-0.4, -0.2) is 16.8 Å². The third kappa shape index (κ3) is 2.43. The molecule has 0 aliphatic heterocycles. The fraction of sp³-hybridized carbons (Fsp3) is 0.111. The Morgan fingerprint density at radius 2 is 2.00 bits per heavy atom. The molecule has 5 nitrogen and oxygen atoms in total. The van der Waals surface area contributed by atoms with Gasteiger partial charge in [-0.1, -0.05) is 23.3 Å². The van der Waals surface area contributed by atoms with Gasteiger partial charge in [-0.3, -0.25) is 0 Å². The molecular weight excluding hydrogens is 182 g/mol. The summed E-state index contributed by atoms with van der Waals surface area (Å²) in [5.41, 5.74) is 8.32. The van der Waals surface area contributed by atoms with Crippen LogP contribution < -0.4 is 0 Å². The van der Waals surface area contributed by atoms with Crippen molar-refractivity contribution in [3.8, 4) is 11.5 Å². The lowest BCUT2D eigenvalue weighted by Gasteiger charge is -2.00. The van der Waals surface area contributed by atoms with E-state index in [1.165, 1.54) is 24.3 Å². The first kappa shape index (κ1) is 9.95. The summed E-state index contributed by atoms with van der Waals surface area (Å²) in [7, 11) is 0. The van der Waals surface area contributed by atoms with Crippen LogP contribution >= 0.6 is 0 Å². The summed E-state index contributed by atoms with van der Waals surface area (Å²) in [5.74, 6) is -0.0237. The number of nitrogens with zero attached hydrogens (tertiary/aromatic N) is 3. The standard InChI is InChI=1S/C9H9N3O2/c10-12-11-6-2-3-7-8(13)4-1-5-9(7)14/h1-5,13-14H,6H2.